The largest absolute Gasteiger partial charge is 0.455 e. The monoisotopic (exact) mass is 753 g/mol. The maximum atomic E-state index is 6.66. The molecule has 11 aromatic rings. The summed E-state index contributed by atoms with van der Waals surface area (Å²) >= 11 is 0. The second-order valence-corrected chi connectivity index (χ2v) is 14.8. The molecular weight excluding hydrogens is 719 g/mol. The van der Waals surface area contributed by atoms with Gasteiger partial charge in [0, 0.05) is 32.8 Å². The molecule has 2 heterocycles. The highest BCUT2D eigenvalue weighted by molar-refractivity contribution is 6.19. The maximum Gasteiger partial charge on any atom is 0.164 e. The zero-order valence-electron chi connectivity index (χ0n) is 32.0. The first-order chi connectivity index (χ1) is 29.2. The summed E-state index contributed by atoms with van der Waals surface area (Å²) in [5.41, 5.74) is 13.6. The van der Waals surface area contributed by atoms with Gasteiger partial charge < -0.3 is 4.42 Å². The minimum atomic E-state index is 0.594. The molecular formula is C55H35N3O. The van der Waals surface area contributed by atoms with Crippen LogP contribution >= 0.6 is 0 Å². The van der Waals surface area contributed by atoms with Crippen molar-refractivity contribution in [1.29, 1.82) is 0 Å². The first-order valence-electron chi connectivity index (χ1n) is 19.8. The lowest BCUT2D eigenvalue weighted by Gasteiger charge is -2.11. The molecule has 4 heteroatoms. The summed E-state index contributed by atoms with van der Waals surface area (Å²) < 4.78 is 6.66. The molecule has 11 rings (SSSR count). The number of fused-ring (bicyclic) bond motifs is 5. The van der Waals surface area contributed by atoms with Crippen LogP contribution in [0.15, 0.2) is 217 Å². The van der Waals surface area contributed by atoms with Gasteiger partial charge in [-0.3, -0.25) is 0 Å². The van der Waals surface area contributed by atoms with Gasteiger partial charge in [-0.25, -0.2) is 15.0 Å². The maximum absolute atomic E-state index is 6.66. The van der Waals surface area contributed by atoms with Gasteiger partial charge in [0.1, 0.15) is 11.2 Å². The number of rotatable bonds is 7. The number of nitrogens with zero attached hydrogens (tertiary/aromatic N) is 3. The van der Waals surface area contributed by atoms with Crippen LogP contribution in [0.4, 0.5) is 0 Å². The minimum absolute atomic E-state index is 0.594. The van der Waals surface area contributed by atoms with E-state index < -0.39 is 0 Å². The van der Waals surface area contributed by atoms with Crippen molar-refractivity contribution in [3.8, 4) is 78.7 Å². The van der Waals surface area contributed by atoms with Crippen LogP contribution in [0.2, 0.25) is 0 Å². The molecule has 0 aliphatic heterocycles. The second kappa shape index (κ2) is 14.5. The molecule has 0 saturated heterocycles. The smallest absolute Gasteiger partial charge is 0.164 e. The molecule has 4 nitrogen and oxygen atoms in total. The molecule has 0 aliphatic rings. The summed E-state index contributed by atoms with van der Waals surface area (Å²) in [7, 11) is 0. The highest BCUT2D eigenvalue weighted by atomic mass is 16.3. The molecule has 0 aliphatic carbocycles. The zero-order chi connectivity index (χ0) is 39.1. The third-order valence-electron chi connectivity index (χ3n) is 11.2. The van der Waals surface area contributed by atoms with Gasteiger partial charge in [-0.15, -0.1) is 0 Å². The van der Waals surface area contributed by atoms with E-state index in [9.17, 15) is 0 Å². The van der Waals surface area contributed by atoms with Crippen LogP contribution in [0, 0.1) is 0 Å². The van der Waals surface area contributed by atoms with Gasteiger partial charge in [0.2, 0.25) is 0 Å². The fourth-order valence-electron chi connectivity index (χ4n) is 8.12. The fraction of sp³-hybridized carbons (Fsp3) is 0. The van der Waals surface area contributed by atoms with Crippen LogP contribution in [-0.2, 0) is 0 Å². The molecule has 59 heavy (non-hydrogen) atoms. The molecule has 0 bridgehead atoms. The third kappa shape index (κ3) is 6.43. The lowest BCUT2D eigenvalue weighted by atomic mass is 9.94. The average Bonchev–Trinajstić information content (AvgIpc) is 3.70. The third-order valence-corrected chi connectivity index (χ3v) is 11.2. The van der Waals surface area contributed by atoms with E-state index in [0.29, 0.717) is 17.5 Å². The van der Waals surface area contributed by atoms with Crippen LogP contribution in [0.5, 0.6) is 0 Å². The van der Waals surface area contributed by atoms with E-state index in [1.54, 1.807) is 0 Å². The molecule has 0 fully saturated rings. The van der Waals surface area contributed by atoms with Crippen molar-refractivity contribution < 1.29 is 4.42 Å². The predicted molar refractivity (Wildman–Crippen MR) is 243 cm³/mol. The summed E-state index contributed by atoms with van der Waals surface area (Å²) in [6.45, 7) is 0. The molecule has 276 valence electrons. The fourth-order valence-corrected chi connectivity index (χ4v) is 8.12. The minimum Gasteiger partial charge on any atom is -0.455 e. The predicted octanol–water partition coefficient (Wildman–Crippen LogP) is 14.6. The molecule has 0 unspecified atom stereocenters. The highest BCUT2D eigenvalue weighted by Gasteiger charge is 2.18. The standard InChI is InChI=1S/C55H35N3O/c1-4-13-36(14-5-1)39-23-27-41(28-24-39)48-35-50-49-34-45(31-32-51(49)59-52(50)47-22-11-10-21-46(47)48)55-57-53(42-29-25-40(26-30-42)37-15-6-2-7-16-37)56-54(58-55)44-20-12-19-43(33-44)38-17-8-3-9-18-38/h1-35H. The SMILES string of the molecule is c1ccc(-c2ccc(-c3nc(-c4cccc(-c5ccccc5)c4)nc(-c4ccc5oc6c7ccccc7c(-c7ccc(-c8ccccc8)cc7)cc6c5c4)n3)cc2)cc1. The Morgan fingerprint density at radius 2 is 0.678 bits per heavy atom. The van der Waals surface area contributed by atoms with E-state index in [1.165, 1.54) is 11.1 Å². The molecule has 0 spiro atoms. The van der Waals surface area contributed by atoms with Crippen molar-refractivity contribution in [2.45, 2.75) is 0 Å². The number of benzene rings is 9. The van der Waals surface area contributed by atoms with E-state index in [4.69, 9.17) is 19.4 Å². The van der Waals surface area contributed by atoms with Gasteiger partial charge in [-0.1, -0.05) is 182 Å². The average molecular weight is 754 g/mol. The Morgan fingerprint density at radius 1 is 0.254 bits per heavy atom. The summed E-state index contributed by atoms with van der Waals surface area (Å²) in [6, 6.07) is 74.0. The van der Waals surface area contributed by atoms with E-state index >= 15 is 0 Å². The van der Waals surface area contributed by atoms with Crippen molar-refractivity contribution in [2.75, 3.05) is 0 Å². The van der Waals surface area contributed by atoms with Crippen LogP contribution in [-0.4, -0.2) is 15.0 Å². The van der Waals surface area contributed by atoms with E-state index in [1.807, 2.05) is 24.3 Å². The van der Waals surface area contributed by atoms with Crippen molar-refractivity contribution in [3.05, 3.63) is 212 Å². The second-order valence-electron chi connectivity index (χ2n) is 14.8. The molecule has 0 N–H and O–H groups in total. The Labute approximate surface area is 341 Å². The highest BCUT2D eigenvalue weighted by Crippen LogP contribution is 2.41. The lowest BCUT2D eigenvalue weighted by molar-refractivity contribution is 0.672. The van der Waals surface area contributed by atoms with Crippen LogP contribution < -0.4 is 0 Å². The summed E-state index contributed by atoms with van der Waals surface area (Å²) in [6.07, 6.45) is 0. The van der Waals surface area contributed by atoms with Crippen molar-refractivity contribution >= 4 is 32.7 Å². The number of hydrogen-bond acceptors (Lipinski definition) is 4. The number of furan rings is 1. The van der Waals surface area contributed by atoms with Crippen molar-refractivity contribution in [3.63, 3.8) is 0 Å². The van der Waals surface area contributed by atoms with Crippen molar-refractivity contribution in [1.82, 2.24) is 15.0 Å². The first-order valence-corrected chi connectivity index (χ1v) is 19.8. The normalized spacial score (nSPS) is 11.4. The van der Waals surface area contributed by atoms with E-state index in [0.717, 1.165) is 82.8 Å². The summed E-state index contributed by atoms with van der Waals surface area (Å²) in [5.74, 6) is 1.81. The molecule has 0 amide bonds. The van der Waals surface area contributed by atoms with E-state index in [-0.39, 0.29) is 0 Å². The Hall–Kier alpha value is -7.95. The van der Waals surface area contributed by atoms with Gasteiger partial charge in [-0.2, -0.15) is 0 Å². The summed E-state index contributed by atoms with van der Waals surface area (Å²) in [4.78, 5) is 15.4. The van der Waals surface area contributed by atoms with Crippen molar-refractivity contribution in [2.24, 2.45) is 0 Å². The molecule has 0 atom stereocenters. The quantitative estimate of drug-likeness (QED) is 0.163. The van der Waals surface area contributed by atoms with Gasteiger partial charge in [-0.05, 0) is 80.2 Å². The molecule has 2 aromatic heterocycles. The molecule has 0 radical (unpaired) electrons. The van der Waals surface area contributed by atoms with E-state index in [2.05, 4.69) is 188 Å². The Morgan fingerprint density at radius 3 is 1.29 bits per heavy atom. The Balaban J connectivity index is 1.06. The number of aromatic nitrogens is 3. The molecule has 9 aromatic carbocycles. The van der Waals surface area contributed by atoms with Crippen LogP contribution in [0.1, 0.15) is 0 Å². The van der Waals surface area contributed by atoms with Gasteiger partial charge in [0.05, 0.1) is 0 Å². The van der Waals surface area contributed by atoms with Gasteiger partial charge >= 0.3 is 0 Å². The summed E-state index contributed by atoms with van der Waals surface area (Å²) in [5, 5.41) is 4.28. The molecule has 0 saturated carbocycles. The number of hydrogen-bond donors (Lipinski definition) is 0. The van der Waals surface area contributed by atoms with Gasteiger partial charge in [0.15, 0.2) is 17.5 Å². The first kappa shape index (κ1) is 34.3. The lowest BCUT2D eigenvalue weighted by Crippen LogP contribution is -2.00. The Kier molecular flexibility index (Phi) is 8.45. The van der Waals surface area contributed by atoms with Gasteiger partial charge in [0.25, 0.3) is 0 Å². The van der Waals surface area contributed by atoms with Crippen LogP contribution in [0.3, 0.4) is 0 Å². The van der Waals surface area contributed by atoms with Crippen LogP contribution in [0.25, 0.3) is 111 Å². The zero-order valence-corrected chi connectivity index (χ0v) is 32.0. The topological polar surface area (TPSA) is 51.8 Å². The Bertz CT molecular complexity index is 3280.